The van der Waals surface area contributed by atoms with Gasteiger partial charge in [-0.15, -0.1) is 0 Å². The Morgan fingerprint density at radius 2 is 2.00 bits per heavy atom. The number of amides is 2. The molecule has 74 valence electrons. The van der Waals surface area contributed by atoms with Crippen molar-refractivity contribution in [1.82, 2.24) is 15.6 Å². The molecule has 0 aliphatic carbocycles. The van der Waals surface area contributed by atoms with Crippen molar-refractivity contribution in [1.29, 1.82) is 0 Å². The zero-order valence-corrected chi connectivity index (χ0v) is 7.38. The maximum absolute atomic E-state index is 11.3. The van der Waals surface area contributed by atoms with Crippen LogP contribution in [-0.4, -0.2) is 42.9 Å². The summed E-state index contributed by atoms with van der Waals surface area (Å²) in [5.41, 5.74) is 1.93. The van der Waals surface area contributed by atoms with E-state index in [0.717, 1.165) is 13.1 Å². The summed E-state index contributed by atoms with van der Waals surface area (Å²) in [4.78, 5) is 23.8. The van der Waals surface area contributed by atoms with Gasteiger partial charge in [0.25, 0.3) is 0 Å². The van der Waals surface area contributed by atoms with Gasteiger partial charge in [-0.05, 0) is 0 Å². The molecule has 0 saturated carbocycles. The molecular weight excluding hydrogens is 172 g/mol. The highest BCUT2D eigenvalue weighted by Gasteiger charge is 2.18. The van der Waals surface area contributed by atoms with Gasteiger partial charge < -0.3 is 10.2 Å². The molecule has 0 aromatic heterocycles. The van der Waals surface area contributed by atoms with Crippen molar-refractivity contribution in [3.8, 4) is 0 Å². The van der Waals surface area contributed by atoms with Crippen LogP contribution in [0.2, 0.25) is 0 Å². The average molecular weight is 186 g/mol. The number of rotatable bonds is 2. The SMILES string of the molecule is NNC(=O)CC(=O)N1CCNCC1. The lowest BCUT2D eigenvalue weighted by Crippen LogP contribution is -2.47. The van der Waals surface area contributed by atoms with Crippen LogP contribution in [0.5, 0.6) is 0 Å². The van der Waals surface area contributed by atoms with Gasteiger partial charge in [-0.25, -0.2) is 5.84 Å². The van der Waals surface area contributed by atoms with Gasteiger partial charge in [0.2, 0.25) is 11.8 Å². The number of piperazine rings is 1. The Morgan fingerprint density at radius 3 is 2.54 bits per heavy atom. The molecule has 0 radical (unpaired) electrons. The maximum Gasteiger partial charge on any atom is 0.243 e. The van der Waals surface area contributed by atoms with Crippen molar-refractivity contribution in [3.05, 3.63) is 0 Å². The minimum atomic E-state index is -0.441. The first kappa shape index (κ1) is 9.94. The second-order valence-corrected chi connectivity index (χ2v) is 2.88. The first-order chi connectivity index (χ1) is 6.24. The summed E-state index contributed by atoms with van der Waals surface area (Å²) in [7, 11) is 0. The predicted octanol–water partition coefficient (Wildman–Crippen LogP) is -2.20. The molecule has 1 aliphatic heterocycles. The lowest BCUT2D eigenvalue weighted by molar-refractivity contribution is -0.136. The number of nitrogens with one attached hydrogen (secondary N) is 2. The molecule has 1 rings (SSSR count). The fraction of sp³-hybridized carbons (Fsp3) is 0.714. The molecule has 0 spiro atoms. The van der Waals surface area contributed by atoms with Crippen molar-refractivity contribution in [2.24, 2.45) is 5.84 Å². The van der Waals surface area contributed by atoms with E-state index in [1.807, 2.05) is 5.43 Å². The number of hydrogen-bond donors (Lipinski definition) is 3. The van der Waals surface area contributed by atoms with Gasteiger partial charge in [0.1, 0.15) is 6.42 Å². The highest BCUT2D eigenvalue weighted by molar-refractivity contribution is 5.96. The molecule has 2 amide bonds. The molecule has 6 heteroatoms. The van der Waals surface area contributed by atoms with E-state index < -0.39 is 5.91 Å². The van der Waals surface area contributed by atoms with Crippen molar-refractivity contribution < 1.29 is 9.59 Å². The van der Waals surface area contributed by atoms with Crippen LogP contribution < -0.4 is 16.6 Å². The molecule has 0 aromatic carbocycles. The molecule has 6 nitrogen and oxygen atoms in total. The zero-order valence-electron chi connectivity index (χ0n) is 7.38. The van der Waals surface area contributed by atoms with Crippen LogP contribution in [0.4, 0.5) is 0 Å². The lowest BCUT2D eigenvalue weighted by Gasteiger charge is -2.27. The van der Waals surface area contributed by atoms with Crippen LogP contribution in [0.25, 0.3) is 0 Å². The fourth-order valence-electron chi connectivity index (χ4n) is 1.21. The van der Waals surface area contributed by atoms with Crippen molar-refractivity contribution in [3.63, 3.8) is 0 Å². The second-order valence-electron chi connectivity index (χ2n) is 2.88. The van der Waals surface area contributed by atoms with E-state index in [2.05, 4.69) is 5.32 Å². The monoisotopic (exact) mass is 186 g/mol. The van der Waals surface area contributed by atoms with Crippen LogP contribution in [0.1, 0.15) is 6.42 Å². The summed E-state index contributed by atoms with van der Waals surface area (Å²) in [6.07, 6.45) is -0.156. The number of hydrazine groups is 1. The molecule has 0 unspecified atom stereocenters. The van der Waals surface area contributed by atoms with E-state index in [4.69, 9.17) is 5.84 Å². The summed E-state index contributed by atoms with van der Waals surface area (Å²) in [5, 5.41) is 3.12. The maximum atomic E-state index is 11.3. The number of nitrogens with zero attached hydrogens (tertiary/aromatic N) is 1. The van der Waals surface area contributed by atoms with Crippen molar-refractivity contribution in [2.45, 2.75) is 6.42 Å². The normalized spacial score (nSPS) is 16.8. The Balaban J connectivity index is 2.33. The average Bonchev–Trinajstić information content (AvgIpc) is 2.19. The van der Waals surface area contributed by atoms with E-state index in [-0.39, 0.29) is 12.3 Å². The van der Waals surface area contributed by atoms with Crippen LogP contribution >= 0.6 is 0 Å². The molecule has 1 fully saturated rings. The molecule has 1 saturated heterocycles. The second kappa shape index (κ2) is 4.78. The van der Waals surface area contributed by atoms with E-state index in [1.165, 1.54) is 0 Å². The molecule has 1 heterocycles. The highest BCUT2D eigenvalue weighted by Crippen LogP contribution is 1.96. The summed E-state index contributed by atoms with van der Waals surface area (Å²) in [5.74, 6) is 4.26. The molecular formula is C7H14N4O2. The fourth-order valence-corrected chi connectivity index (χ4v) is 1.21. The van der Waals surface area contributed by atoms with Gasteiger partial charge in [0.15, 0.2) is 0 Å². The van der Waals surface area contributed by atoms with Crippen molar-refractivity contribution >= 4 is 11.8 Å². The third kappa shape index (κ3) is 3.00. The number of nitrogens with two attached hydrogens (primary N) is 1. The van der Waals surface area contributed by atoms with E-state index >= 15 is 0 Å². The van der Waals surface area contributed by atoms with Crippen molar-refractivity contribution in [2.75, 3.05) is 26.2 Å². The number of carbonyl (C=O) groups is 2. The molecule has 0 atom stereocenters. The van der Waals surface area contributed by atoms with Gasteiger partial charge in [0.05, 0.1) is 0 Å². The van der Waals surface area contributed by atoms with Gasteiger partial charge in [-0.3, -0.25) is 15.0 Å². The van der Waals surface area contributed by atoms with Crippen LogP contribution in [0.3, 0.4) is 0 Å². The van der Waals surface area contributed by atoms with Crippen LogP contribution in [-0.2, 0) is 9.59 Å². The quantitative estimate of drug-likeness (QED) is 0.198. The molecule has 13 heavy (non-hydrogen) atoms. The topological polar surface area (TPSA) is 87.5 Å². The Morgan fingerprint density at radius 1 is 1.38 bits per heavy atom. The van der Waals surface area contributed by atoms with Gasteiger partial charge in [-0.2, -0.15) is 0 Å². The first-order valence-corrected chi connectivity index (χ1v) is 4.22. The third-order valence-electron chi connectivity index (χ3n) is 1.94. The third-order valence-corrected chi connectivity index (χ3v) is 1.94. The summed E-state index contributed by atoms with van der Waals surface area (Å²) in [6, 6.07) is 0. The van der Waals surface area contributed by atoms with Gasteiger partial charge in [0, 0.05) is 26.2 Å². The largest absolute Gasteiger partial charge is 0.340 e. The van der Waals surface area contributed by atoms with E-state index in [9.17, 15) is 9.59 Å². The molecule has 1 aliphatic rings. The smallest absolute Gasteiger partial charge is 0.243 e. The van der Waals surface area contributed by atoms with E-state index in [0.29, 0.717) is 13.1 Å². The molecule has 0 bridgehead atoms. The summed E-state index contributed by atoms with van der Waals surface area (Å²) >= 11 is 0. The van der Waals surface area contributed by atoms with E-state index in [1.54, 1.807) is 4.90 Å². The van der Waals surface area contributed by atoms with Crippen LogP contribution in [0, 0.1) is 0 Å². The molecule has 0 aromatic rings. The zero-order chi connectivity index (χ0) is 9.68. The highest BCUT2D eigenvalue weighted by atomic mass is 16.2. The molecule has 4 N–H and O–H groups in total. The Hall–Kier alpha value is -1.14. The lowest BCUT2D eigenvalue weighted by atomic mass is 10.3. The minimum absolute atomic E-state index is 0.156. The Kier molecular flexibility index (Phi) is 3.66. The first-order valence-electron chi connectivity index (χ1n) is 4.22. The van der Waals surface area contributed by atoms with Crippen LogP contribution in [0.15, 0.2) is 0 Å². The van der Waals surface area contributed by atoms with Gasteiger partial charge in [-0.1, -0.05) is 0 Å². The predicted molar refractivity (Wildman–Crippen MR) is 46.4 cm³/mol. The standard InChI is InChI=1S/C7H14N4O2/c8-10-6(12)5-7(13)11-3-1-9-2-4-11/h9H,1-5,8H2,(H,10,12). The Labute approximate surface area is 76.4 Å². The van der Waals surface area contributed by atoms with Gasteiger partial charge >= 0.3 is 0 Å². The summed E-state index contributed by atoms with van der Waals surface area (Å²) in [6.45, 7) is 2.90. The summed E-state index contributed by atoms with van der Waals surface area (Å²) < 4.78 is 0. The Bertz CT molecular complexity index is 201. The number of carbonyl (C=O) groups excluding carboxylic acids is 2. The minimum Gasteiger partial charge on any atom is -0.340 e. The number of hydrogen-bond acceptors (Lipinski definition) is 4.